The normalized spacial score (nSPS) is 30.8. The molecule has 6 atom stereocenters. The standard InChI is InChI=1S/C27H29NO9/c1-11-23(30)17(28)8-20(36-11)37-19-10-27(34,12(2)29)9-16-14(19)7-15-22(26(16)33)24(31)13-5-4-6-18(35-3)21(13)25(15)32/h4-7,11,17,19-20,23,30,33-34H,8-10,28H2,1-3H3. The summed E-state index contributed by atoms with van der Waals surface area (Å²) < 4.78 is 17.2. The molecule has 2 aliphatic carbocycles. The zero-order valence-electron chi connectivity index (χ0n) is 20.7. The molecule has 196 valence electrons. The Balaban J connectivity index is 1.63. The molecule has 0 saturated carbocycles. The van der Waals surface area contributed by atoms with E-state index in [1.807, 2.05) is 0 Å². The van der Waals surface area contributed by atoms with E-state index in [1.54, 1.807) is 19.1 Å². The zero-order valence-corrected chi connectivity index (χ0v) is 20.7. The van der Waals surface area contributed by atoms with Crippen LogP contribution in [0.15, 0.2) is 24.3 Å². The van der Waals surface area contributed by atoms with Gasteiger partial charge >= 0.3 is 0 Å². The minimum Gasteiger partial charge on any atom is -0.507 e. The molecule has 37 heavy (non-hydrogen) atoms. The number of aromatic hydroxyl groups is 1. The van der Waals surface area contributed by atoms with E-state index in [0.717, 1.165) is 0 Å². The number of aliphatic hydroxyl groups excluding tert-OH is 1. The van der Waals surface area contributed by atoms with Gasteiger partial charge in [-0.2, -0.15) is 0 Å². The Morgan fingerprint density at radius 3 is 2.54 bits per heavy atom. The monoisotopic (exact) mass is 511 g/mol. The van der Waals surface area contributed by atoms with E-state index in [0.29, 0.717) is 5.56 Å². The van der Waals surface area contributed by atoms with Gasteiger partial charge in [0.25, 0.3) is 0 Å². The first-order valence-electron chi connectivity index (χ1n) is 12.1. The van der Waals surface area contributed by atoms with Crippen molar-refractivity contribution in [2.75, 3.05) is 7.11 Å². The molecule has 5 rings (SSSR count). The summed E-state index contributed by atoms with van der Waals surface area (Å²) in [6.07, 6.45) is -3.64. The Kier molecular flexibility index (Phi) is 6.20. The van der Waals surface area contributed by atoms with E-state index in [1.165, 1.54) is 26.2 Å². The lowest BCUT2D eigenvalue weighted by Gasteiger charge is -2.41. The minimum absolute atomic E-state index is 0.0230. The fraction of sp³-hybridized carbons (Fsp3) is 0.444. The molecular formula is C27H29NO9. The van der Waals surface area contributed by atoms with E-state index in [-0.39, 0.29) is 52.8 Å². The Labute approximate surface area is 212 Å². The van der Waals surface area contributed by atoms with Crippen LogP contribution in [0.25, 0.3) is 0 Å². The number of carbonyl (C=O) groups excluding carboxylic acids is 3. The van der Waals surface area contributed by atoms with E-state index in [2.05, 4.69) is 0 Å². The molecule has 10 heteroatoms. The van der Waals surface area contributed by atoms with Crippen molar-refractivity contribution < 1.29 is 43.9 Å². The number of benzene rings is 2. The molecule has 1 saturated heterocycles. The Hall–Kier alpha value is -3.15. The highest BCUT2D eigenvalue weighted by molar-refractivity contribution is 6.30. The average molecular weight is 512 g/mol. The molecule has 0 radical (unpaired) electrons. The highest BCUT2D eigenvalue weighted by Crippen LogP contribution is 2.48. The number of hydrogen-bond donors (Lipinski definition) is 4. The number of carbonyl (C=O) groups is 3. The van der Waals surface area contributed by atoms with Crippen LogP contribution in [0.4, 0.5) is 0 Å². The van der Waals surface area contributed by atoms with Crippen LogP contribution in [0, 0.1) is 0 Å². The van der Waals surface area contributed by atoms with Crippen LogP contribution in [-0.2, 0) is 20.7 Å². The maximum atomic E-state index is 13.6. The predicted octanol–water partition coefficient (Wildman–Crippen LogP) is 1.32. The summed E-state index contributed by atoms with van der Waals surface area (Å²) in [6.45, 7) is 2.89. The average Bonchev–Trinajstić information content (AvgIpc) is 2.85. The maximum Gasteiger partial charge on any atom is 0.198 e. The summed E-state index contributed by atoms with van der Waals surface area (Å²) in [4.78, 5) is 39.5. The molecule has 1 fully saturated rings. The number of rotatable bonds is 4. The first kappa shape index (κ1) is 25.5. The van der Waals surface area contributed by atoms with Gasteiger partial charge in [0.05, 0.1) is 36.5 Å². The highest BCUT2D eigenvalue weighted by atomic mass is 16.7. The molecule has 0 spiro atoms. The van der Waals surface area contributed by atoms with E-state index < -0.39 is 59.3 Å². The lowest BCUT2D eigenvalue weighted by molar-refractivity contribution is -0.247. The second kappa shape index (κ2) is 9.00. The Morgan fingerprint density at radius 2 is 1.89 bits per heavy atom. The van der Waals surface area contributed by atoms with Crippen LogP contribution >= 0.6 is 0 Å². The van der Waals surface area contributed by atoms with Crippen LogP contribution < -0.4 is 10.5 Å². The molecule has 0 aromatic heterocycles. The first-order valence-corrected chi connectivity index (χ1v) is 12.1. The molecular weight excluding hydrogens is 482 g/mol. The van der Waals surface area contributed by atoms with Crippen molar-refractivity contribution >= 4 is 17.3 Å². The molecule has 10 nitrogen and oxygen atoms in total. The van der Waals surface area contributed by atoms with Gasteiger partial charge in [-0.25, -0.2) is 0 Å². The van der Waals surface area contributed by atoms with Gasteiger partial charge in [0.2, 0.25) is 0 Å². The fourth-order valence-corrected chi connectivity index (χ4v) is 5.53. The molecule has 1 heterocycles. The summed E-state index contributed by atoms with van der Waals surface area (Å²) in [5, 5.41) is 32.6. The van der Waals surface area contributed by atoms with Crippen LogP contribution in [0.2, 0.25) is 0 Å². The third-order valence-corrected chi connectivity index (χ3v) is 7.69. The van der Waals surface area contributed by atoms with Gasteiger partial charge in [0.1, 0.15) is 17.1 Å². The summed E-state index contributed by atoms with van der Waals surface area (Å²) in [5.74, 6) is -1.85. The molecule has 0 amide bonds. The van der Waals surface area contributed by atoms with Crippen LogP contribution in [0.5, 0.6) is 11.5 Å². The lowest BCUT2D eigenvalue weighted by Crippen LogP contribution is -2.52. The van der Waals surface area contributed by atoms with Crippen LogP contribution in [0.1, 0.15) is 75.8 Å². The largest absolute Gasteiger partial charge is 0.507 e. The van der Waals surface area contributed by atoms with Crippen LogP contribution in [-0.4, -0.2) is 69.9 Å². The topological polar surface area (TPSA) is 166 Å². The third-order valence-electron chi connectivity index (χ3n) is 7.69. The summed E-state index contributed by atoms with van der Waals surface area (Å²) >= 11 is 0. The number of phenols is 1. The van der Waals surface area contributed by atoms with Crippen LogP contribution in [0.3, 0.4) is 0 Å². The van der Waals surface area contributed by atoms with Gasteiger partial charge < -0.3 is 35.3 Å². The molecule has 1 aliphatic heterocycles. The van der Waals surface area contributed by atoms with Crippen molar-refractivity contribution in [3.8, 4) is 11.5 Å². The van der Waals surface area contributed by atoms with E-state index in [4.69, 9.17) is 19.9 Å². The second-order valence-electron chi connectivity index (χ2n) is 10.0. The number of methoxy groups -OCH3 is 1. The molecule has 3 aliphatic rings. The van der Waals surface area contributed by atoms with Crippen molar-refractivity contribution in [2.45, 2.75) is 69.4 Å². The lowest BCUT2D eigenvalue weighted by atomic mass is 9.72. The number of aliphatic hydroxyl groups is 2. The van der Waals surface area contributed by atoms with Gasteiger partial charge in [-0.15, -0.1) is 0 Å². The van der Waals surface area contributed by atoms with Gasteiger partial charge in [0.15, 0.2) is 23.6 Å². The quantitative estimate of drug-likeness (QED) is 0.401. The predicted molar refractivity (Wildman–Crippen MR) is 129 cm³/mol. The number of ketones is 3. The Bertz CT molecular complexity index is 1310. The highest BCUT2D eigenvalue weighted by Gasteiger charge is 2.47. The first-order chi connectivity index (χ1) is 17.5. The summed E-state index contributed by atoms with van der Waals surface area (Å²) in [6, 6.07) is 5.49. The zero-order chi connectivity index (χ0) is 26.8. The number of Topliss-reactive ketones (excluding diaryl/α,β-unsaturated/α-hetero) is 1. The molecule has 6 unspecified atom stereocenters. The molecule has 0 bridgehead atoms. The van der Waals surface area contributed by atoms with Crippen molar-refractivity contribution in [3.63, 3.8) is 0 Å². The van der Waals surface area contributed by atoms with Gasteiger partial charge in [0, 0.05) is 42.0 Å². The van der Waals surface area contributed by atoms with Gasteiger partial charge in [-0.3, -0.25) is 14.4 Å². The molecule has 5 N–H and O–H groups in total. The van der Waals surface area contributed by atoms with Gasteiger partial charge in [-0.1, -0.05) is 12.1 Å². The number of ether oxygens (including phenoxy) is 3. The van der Waals surface area contributed by atoms with E-state index in [9.17, 15) is 29.7 Å². The number of nitrogens with two attached hydrogens (primary N) is 1. The Morgan fingerprint density at radius 1 is 1.19 bits per heavy atom. The second-order valence-corrected chi connectivity index (χ2v) is 10.0. The van der Waals surface area contributed by atoms with Crippen molar-refractivity contribution in [1.29, 1.82) is 0 Å². The minimum atomic E-state index is -1.88. The molecule has 2 aromatic rings. The number of hydrogen-bond acceptors (Lipinski definition) is 10. The smallest absolute Gasteiger partial charge is 0.198 e. The van der Waals surface area contributed by atoms with Gasteiger partial charge in [-0.05, 0) is 31.5 Å². The fourth-order valence-electron chi connectivity index (χ4n) is 5.53. The molecule has 2 aromatic carbocycles. The summed E-state index contributed by atoms with van der Waals surface area (Å²) in [5.41, 5.74) is 4.63. The van der Waals surface area contributed by atoms with Crippen molar-refractivity contribution in [2.24, 2.45) is 5.73 Å². The number of phenolic OH excluding ortho intramolecular Hbond substituents is 1. The number of fused-ring (bicyclic) bond motifs is 3. The SMILES string of the molecule is COc1cccc2c1C(=O)c1cc3c(c(O)c1C2=O)CC(O)(C(C)=O)CC3OC1CC(N)C(O)C(C)O1. The maximum absolute atomic E-state index is 13.6. The van der Waals surface area contributed by atoms with E-state index >= 15 is 0 Å². The van der Waals surface area contributed by atoms with Crippen molar-refractivity contribution in [1.82, 2.24) is 0 Å². The van der Waals surface area contributed by atoms with Crippen molar-refractivity contribution in [3.05, 3.63) is 57.6 Å². The summed E-state index contributed by atoms with van der Waals surface area (Å²) in [7, 11) is 1.40. The third kappa shape index (κ3) is 3.96.